The first-order valence-corrected chi connectivity index (χ1v) is 6.17. The molecule has 94 valence electrons. The minimum absolute atomic E-state index is 0.191. The van der Waals surface area contributed by atoms with Gasteiger partial charge in [-0.1, -0.05) is 18.2 Å². The molecule has 0 bridgehead atoms. The number of para-hydroxylation sites is 1. The maximum Gasteiger partial charge on any atom is 0.127 e. The molecule has 4 heteroatoms. The van der Waals surface area contributed by atoms with Gasteiger partial charge in [0.2, 0.25) is 0 Å². The maximum atomic E-state index is 6.36. The lowest BCUT2D eigenvalue weighted by Gasteiger charge is -2.15. The summed E-state index contributed by atoms with van der Waals surface area (Å²) in [6.07, 6.45) is 0.973. The van der Waals surface area contributed by atoms with Gasteiger partial charge in [0.15, 0.2) is 0 Å². The third-order valence-corrected chi connectivity index (χ3v) is 3.44. The Morgan fingerprint density at radius 3 is 3.00 bits per heavy atom. The summed E-state index contributed by atoms with van der Waals surface area (Å²) in [5, 5.41) is 4.35. The Morgan fingerprint density at radius 1 is 1.44 bits per heavy atom. The van der Waals surface area contributed by atoms with Crippen molar-refractivity contribution in [3.05, 3.63) is 46.8 Å². The molecule has 2 aromatic rings. The van der Waals surface area contributed by atoms with Crippen LogP contribution in [0, 0.1) is 6.92 Å². The summed E-state index contributed by atoms with van der Waals surface area (Å²) in [6.45, 7) is 2.73. The third-order valence-electron chi connectivity index (χ3n) is 3.44. The lowest BCUT2D eigenvalue weighted by Crippen LogP contribution is -2.16. The Bertz CT molecular complexity index is 589. The zero-order valence-electron chi connectivity index (χ0n) is 10.7. The smallest absolute Gasteiger partial charge is 0.127 e. The molecule has 18 heavy (non-hydrogen) atoms. The number of aryl methyl sites for hydroxylation is 2. The molecule has 0 spiro atoms. The fourth-order valence-electron chi connectivity index (χ4n) is 2.57. The molecule has 1 aromatic heterocycles. The number of hydrogen-bond donors (Lipinski definition) is 1. The number of nitrogens with zero attached hydrogens (tertiary/aromatic N) is 2. The molecule has 1 aliphatic heterocycles. The van der Waals surface area contributed by atoms with Crippen LogP contribution in [-0.2, 0) is 13.5 Å². The highest BCUT2D eigenvalue weighted by Gasteiger charge is 2.22. The summed E-state index contributed by atoms with van der Waals surface area (Å²) >= 11 is 0. The van der Waals surface area contributed by atoms with Gasteiger partial charge in [0, 0.05) is 19.0 Å². The second-order valence-corrected chi connectivity index (χ2v) is 4.75. The van der Waals surface area contributed by atoms with Gasteiger partial charge >= 0.3 is 0 Å². The fraction of sp³-hybridized carbons (Fsp3) is 0.357. The van der Waals surface area contributed by atoms with Crippen LogP contribution >= 0.6 is 0 Å². The average Bonchev–Trinajstić information content (AvgIpc) is 2.94. The van der Waals surface area contributed by atoms with Gasteiger partial charge in [0.1, 0.15) is 5.75 Å². The molecule has 1 aromatic carbocycles. The van der Waals surface area contributed by atoms with E-state index in [0.29, 0.717) is 0 Å². The van der Waals surface area contributed by atoms with E-state index in [1.807, 2.05) is 36.9 Å². The van der Waals surface area contributed by atoms with Gasteiger partial charge in [0.25, 0.3) is 0 Å². The molecule has 0 aliphatic carbocycles. The second-order valence-electron chi connectivity index (χ2n) is 4.75. The van der Waals surface area contributed by atoms with Crippen LogP contribution in [0.5, 0.6) is 5.75 Å². The van der Waals surface area contributed by atoms with Crippen LogP contribution in [0.3, 0.4) is 0 Å². The van der Waals surface area contributed by atoms with Crippen molar-refractivity contribution in [2.24, 2.45) is 12.8 Å². The van der Waals surface area contributed by atoms with Crippen molar-refractivity contribution in [3.63, 3.8) is 0 Å². The quantitative estimate of drug-likeness (QED) is 0.873. The van der Waals surface area contributed by atoms with Gasteiger partial charge in [-0.05, 0) is 18.6 Å². The number of benzene rings is 1. The van der Waals surface area contributed by atoms with Gasteiger partial charge in [-0.2, -0.15) is 5.10 Å². The number of hydrogen-bond acceptors (Lipinski definition) is 3. The average molecular weight is 243 g/mol. The number of aromatic nitrogens is 2. The van der Waals surface area contributed by atoms with E-state index in [2.05, 4.69) is 11.2 Å². The van der Waals surface area contributed by atoms with Gasteiger partial charge in [-0.15, -0.1) is 0 Å². The van der Waals surface area contributed by atoms with E-state index in [1.54, 1.807) is 0 Å². The van der Waals surface area contributed by atoms with E-state index in [0.717, 1.165) is 35.7 Å². The minimum atomic E-state index is -0.191. The van der Waals surface area contributed by atoms with E-state index in [1.165, 1.54) is 5.56 Å². The molecule has 0 amide bonds. The van der Waals surface area contributed by atoms with E-state index in [4.69, 9.17) is 10.5 Å². The van der Waals surface area contributed by atoms with E-state index in [-0.39, 0.29) is 6.04 Å². The van der Waals surface area contributed by atoms with Crippen molar-refractivity contribution in [1.29, 1.82) is 0 Å². The Kier molecular flexibility index (Phi) is 2.59. The first kappa shape index (κ1) is 11.3. The number of ether oxygens (including phenoxy) is 1. The topological polar surface area (TPSA) is 53.1 Å². The molecule has 0 saturated heterocycles. The standard InChI is InChI=1S/C14H17N3O/c1-9-8-12(17(2)16-9)13(15)11-5-3-4-10-6-7-18-14(10)11/h3-5,8,13H,6-7,15H2,1-2H3. The van der Waals surface area contributed by atoms with Crippen LogP contribution in [0.1, 0.15) is 28.6 Å². The van der Waals surface area contributed by atoms with Crippen molar-refractivity contribution in [3.8, 4) is 5.75 Å². The molecule has 2 N–H and O–H groups in total. The van der Waals surface area contributed by atoms with Gasteiger partial charge in [-0.25, -0.2) is 0 Å². The molecule has 0 radical (unpaired) electrons. The molecule has 3 rings (SSSR count). The van der Waals surface area contributed by atoms with Crippen LogP contribution in [0.2, 0.25) is 0 Å². The molecule has 1 atom stereocenters. The fourth-order valence-corrected chi connectivity index (χ4v) is 2.57. The van der Waals surface area contributed by atoms with Crippen molar-refractivity contribution < 1.29 is 4.74 Å². The van der Waals surface area contributed by atoms with Crippen molar-refractivity contribution in [2.45, 2.75) is 19.4 Å². The number of fused-ring (bicyclic) bond motifs is 1. The molecule has 2 heterocycles. The van der Waals surface area contributed by atoms with Crippen LogP contribution in [0.25, 0.3) is 0 Å². The minimum Gasteiger partial charge on any atom is -0.493 e. The molecular formula is C14H17N3O. The zero-order chi connectivity index (χ0) is 12.7. The molecule has 1 aliphatic rings. The first-order chi connectivity index (χ1) is 8.66. The predicted molar refractivity (Wildman–Crippen MR) is 69.6 cm³/mol. The van der Waals surface area contributed by atoms with Crippen molar-refractivity contribution in [1.82, 2.24) is 9.78 Å². The largest absolute Gasteiger partial charge is 0.493 e. The van der Waals surface area contributed by atoms with Gasteiger partial charge < -0.3 is 10.5 Å². The SMILES string of the molecule is Cc1cc(C(N)c2cccc3c2OCC3)n(C)n1. The Morgan fingerprint density at radius 2 is 2.28 bits per heavy atom. The normalized spacial score (nSPS) is 15.3. The second kappa shape index (κ2) is 4.14. The van der Waals surface area contributed by atoms with Crippen molar-refractivity contribution >= 4 is 0 Å². The predicted octanol–water partition coefficient (Wildman–Crippen LogP) is 1.71. The number of rotatable bonds is 2. The Hall–Kier alpha value is -1.81. The summed E-state index contributed by atoms with van der Waals surface area (Å²) in [5.74, 6) is 0.962. The summed E-state index contributed by atoms with van der Waals surface area (Å²) in [4.78, 5) is 0. The highest BCUT2D eigenvalue weighted by molar-refractivity contribution is 5.47. The van der Waals surface area contributed by atoms with Crippen LogP contribution in [0.15, 0.2) is 24.3 Å². The summed E-state index contributed by atoms with van der Waals surface area (Å²) in [7, 11) is 1.92. The Balaban J connectivity index is 2.05. The summed E-state index contributed by atoms with van der Waals surface area (Å²) in [6, 6.07) is 8.03. The van der Waals surface area contributed by atoms with E-state index < -0.39 is 0 Å². The highest BCUT2D eigenvalue weighted by Crippen LogP contribution is 2.34. The van der Waals surface area contributed by atoms with Gasteiger partial charge in [-0.3, -0.25) is 4.68 Å². The molecule has 1 unspecified atom stereocenters. The summed E-state index contributed by atoms with van der Waals surface area (Å²) < 4.78 is 7.55. The summed E-state index contributed by atoms with van der Waals surface area (Å²) in [5.41, 5.74) is 10.7. The van der Waals surface area contributed by atoms with Crippen LogP contribution in [-0.4, -0.2) is 16.4 Å². The van der Waals surface area contributed by atoms with Crippen molar-refractivity contribution in [2.75, 3.05) is 6.61 Å². The molecule has 0 saturated carbocycles. The lowest BCUT2D eigenvalue weighted by molar-refractivity contribution is 0.352. The van der Waals surface area contributed by atoms with Gasteiger partial charge in [0.05, 0.1) is 24.0 Å². The zero-order valence-corrected chi connectivity index (χ0v) is 10.7. The maximum absolute atomic E-state index is 6.36. The Labute approximate surface area is 106 Å². The molecule has 4 nitrogen and oxygen atoms in total. The van der Waals surface area contributed by atoms with E-state index >= 15 is 0 Å². The first-order valence-electron chi connectivity index (χ1n) is 6.17. The monoisotopic (exact) mass is 243 g/mol. The third kappa shape index (κ3) is 1.69. The van der Waals surface area contributed by atoms with Crippen LogP contribution < -0.4 is 10.5 Å². The van der Waals surface area contributed by atoms with E-state index in [9.17, 15) is 0 Å². The van der Waals surface area contributed by atoms with Crippen LogP contribution in [0.4, 0.5) is 0 Å². The molecular weight excluding hydrogens is 226 g/mol. The number of nitrogens with two attached hydrogens (primary N) is 1. The highest BCUT2D eigenvalue weighted by atomic mass is 16.5. The lowest BCUT2D eigenvalue weighted by atomic mass is 10.00. The molecule has 0 fully saturated rings.